The minimum atomic E-state index is -0.599. The van der Waals surface area contributed by atoms with Gasteiger partial charge in [-0.2, -0.15) is 0 Å². The van der Waals surface area contributed by atoms with Gasteiger partial charge in [0.2, 0.25) is 5.91 Å². The van der Waals surface area contributed by atoms with Gasteiger partial charge >= 0.3 is 6.03 Å². The van der Waals surface area contributed by atoms with Crippen molar-refractivity contribution in [2.45, 2.75) is 56.0 Å². The third kappa shape index (κ3) is 7.01. The first-order valence-corrected chi connectivity index (χ1v) is 16.8. The van der Waals surface area contributed by atoms with E-state index in [-0.39, 0.29) is 23.4 Å². The van der Waals surface area contributed by atoms with Gasteiger partial charge in [-0.1, -0.05) is 18.2 Å². The Morgan fingerprint density at radius 1 is 0.600 bits per heavy atom. The second-order valence-electron chi connectivity index (χ2n) is 14.7. The first-order valence-electron chi connectivity index (χ1n) is 16.8. The summed E-state index contributed by atoms with van der Waals surface area (Å²) in [7, 11) is 12.1. The summed E-state index contributed by atoms with van der Waals surface area (Å²) in [6, 6.07) is 10.0. The van der Waals surface area contributed by atoms with Crippen molar-refractivity contribution in [3.63, 3.8) is 0 Å². The van der Waals surface area contributed by atoms with E-state index in [4.69, 9.17) is 0 Å². The quantitative estimate of drug-likeness (QED) is 0.476. The monoisotopic (exact) mass is 624 g/mol. The van der Waals surface area contributed by atoms with Crippen LogP contribution in [0.15, 0.2) is 30.3 Å². The van der Waals surface area contributed by atoms with E-state index in [0.29, 0.717) is 12.1 Å². The fraction of sp³-hybridized carbons (Fsp3) is 0.735. The number of carbonyl (C=O) groups excluding carboxylic acids is 3. The molecule has 3 spiro atoms. The summed E-state index contributed by atoms with van der Waals surface area (Å²) in [5, 5.41) is 2.80. The van der Waals surface area contributed by atoms with Crippen molar-refractivity contribution in [2.24, 2.45) is 5.41 Å². The maximum absolute atomic E-state index is 12.6. The third-order valence-corrected chi connectivity index (χ3v) is 11.4. The van der Waals surface area contributed by atoms with Crippen molar-refractivity contribution in [3.05, 3.63) is 30.3 Å². The van der Waals surface area contributed by atoms with E-state index in [2.05, 4.69) is 63.1 Å². The van der Waals surface area contributed by atoms with Crippen LogP contribution in [-0.2, 0) is 9.59 Å². The molecule has 1 aromatic rings. The zero-order chi connectivity index (χ0) is 32.4. The normalized spacial score (nSPS) is 26.7. The summed E-state index contributed by atoms with van der Waals surface area (Å²) in [4.78, 5) is 50.5. The van der Waals surface area contributed by atoms with Gasteiger partial charge in [-0.15, -0.1) is 0 Å². The van der Waals surface area contributed by atoms with Crippen LogP contribution >= 0.6 is 0 Å². The summed E-state index contributed by atoms with van der Waals surface area (Å²) >= 11 is 0. The van der Waals surface area contributed by atoms with E-state index < -0.39 is 5.54 Å². The summed E-state index contributed by atoms with van der Waals surface area (Å²) in [6.07, 6.45) is 7.57. The van der Waals surface area contributed by atoms with Crippen molar-refractivity contribution in [1.82, 2.24) is 34.7 Å². The lowest BCUT2D eigenvalue weighted by molar-refractivity contribution is -0.132. The topological polar surface area (TPSA) is 85.9 Å². The van der Waals surface area contributed by atoms with Crippen molar-refractivity contribution < 1.29 is 14.4 Å². The molecule has 6 fully saturated rings. The Morgan fingerprint density at radius 3 is 1.58 bits per heavy atom. The van der Waals surface area contributed by atoms with E-state index in [1.54, 1.807) is 0 Å². The fourth-order valence-electron chi connectivity index (χ4n) is 8.05. The molecule has 0 atom stereocenters. The number of carbonyl (C=O) groups is 3. The smallest absolute Gasteiger partial charge is 0.324 e. The lowest BCUT2D eigenvalue weighted by Gasteiger charge is -2.42. The average molecular weight is 625 g/mol. The predicted molar refractivity (Wildman–Crippen MR) is 178 cm³/mol. The molecule has 1 aromatic carbocycles. The Morgan fingerprint density at radius 2 is 1.09 bits per heavy atom. The second-order valence-corrected chi connectivity index (χ2v) is 14.7. The number of imide groups is 1. The van der Waals surface area contributed by atoms with E-state index >= 15 is 0 Å². The third-order valence-electron chi connectivity index (χ3n) is 11.4. The highest BCUT2D eigenvalue weighted by molar-refractivity contribution is 6.06. The molecule has 250 valence electrons. The molecule has 11 heteroatoms. The van der Waals surface area contributed by atoms with Crippen LogP contribution in [0.5, 0.6) is 0 Å². The van der Waals surface area contributed by atoms with Crippen LogP contribution in [0, 0.1) is 5.41 Å². The molecule has 45 heavy (non-hydrogen) atoms. The number of para-hydroxylation sites is 1. The van der Waals surface area contributed by atoms with Crippen LogP contribution in [-0.4, -0.2) is 160 Å². The van der Waals surface area contributed by atoms with Gasteiger partial charge in [0.15, 0.2) is 0 Å². The molecule has 6 heterocycles. The lowest BCUT2D eigenvalue weighted by atomic mass is 9.78. The molecule has 0 radical (unpaired) electrons. The van der Waals surface area contributed by atoms with Crippen molar-refractivity contribution in [2.75, 3.05) is 106 Å². The Bertz CT molecular complexity index is 1190. The minimum absolute atomic E-state index is 0.0735. The van der Waals surface area contributed by atoms with Crippen molar-refractivity contribution in [3.8, 4) is 0 Å². The molecule has 6 saturated heterocycles. The van der Waals surface area contributed by atoms with Crippen molar-refractivity contribution in [1.29, 1.82) is 0 Å². The van der Waals surface area contributed by atoms with Gasteiger partial charge in [-0.3, -0.25) is 14.5 Å². The molecule has 4 amide bonds. The number of rotatable bonds is 1. The highest BCUT2D eigenvalue weighted by atomic mass is 16.2. The van der Waals surface area contributed by atoms with Gasteiger partial charge in [0, 0.05) is 52.5 Å². The molecule has 6 aliphatic heterocycles. The summed E-state index contributed by atoms with van der Waals surface area (Å²) in [6.45, 7) is 9.70. The molecule has 11 nitrogen and oxygen atoms in total. The Balaban J connectivity index is 0.000000138. The van der Waals surface area contributed by atoms with E-state index in [9.17, 15) is 14.4 Å². The first-order chi connectivity index (χ1) is 21.4. The molecule has 0 bridgehead atoms. The molecule has 0 unspecified atom stereocenters. The van der Waals surface area contributed by atoms with Crippen LogP contribution in [0.1, 0.15) is 44.9 Å². The maximum atomic E-state index is 12.6. The Labute approximate surface area is 270 Å². The largest absolute Gasteiger partial charge is 0.339 e. The number of amides is 4. The van der Waals surface area contributed by atoms with Crippen LogP contribution in [0.25, 0.3) is 0 Å². The number of benzene rings is 1. The number of likely N-dealkylation sites (N-methyl/N-ethyl adjacent to an activating group) is 2. The van der Waals surface area contributed by atoms with Gasteiger partial charge in [0.05, 0.1) is 6.67 Å². The number of anilines is 1. The molecule has 6 aliphatic rings. The van der Waals surface area contributed by atoms with Gasteiger partial charge in [-0.05, 0) is 110 Å². The summed E-state index contributed by atoms with van der Waals surface area (Å²) in [5.74, 6) is 0.208. The van der Waals surface area contributed by atoms with E-state index in [0.717, 1.165) is 57.5 Å². The van der Waals surface area contributed by atoms with Gasteiger partial charge < -0.3 is 34.7 Å². The molecular weight excluding hydrogens is 568 g/mol. The number of hydrogen-bond donors (Lipinski definition) is 1. The van der Waals surface area contributed by atoms with Crippen LogP contribution < -0.4 is 10.2 Å². The van der Waals surface area contributed by atoms with Crippen molar-refractivity contribution >= 4 is 23.5 Å². The molecule has 0 aliphatic carbocycles. The number of likely N-dealkylation sites (tertiary alicyclic amines) is 4. The molecule has 0 aromatic heterocycles. The SMILES string of the molecule is CN1CCC2(CC1)C(=O)N(C)CN2c1ccccc1.CN1CCC2(CC1)CCN(C)C2.CN1CCC2(CC1)NC(=O)N(C)C2=O. The van der Waals surface area contributed by atoms with Crippen LogP contribution in [0.4, 0.5) is 10.5 Å². The highest BCUT2D eigenvalue weighted by Crippen LogP contribution is 2.40. The molecule has 1 N–H and O–H groups in total. The van der Waals surface area contributed by atoms with Gasteiger partial charge in [0.1, 0.15) is 11.1 Å². The highest BCUT2D eigenvalue weighted by Gasteiger charge is 2.52. The maximum Gasteiger partial charge on any atom is 0.324 e. The van der Waals surface area contributed by atoms with Gasteiger partial charge in [0.25, 0.3) is 5.91 Å². The fourth-order valence-corrected chi connectivity index (χ4v) is 8.05. The first kappa shape index (κ1) is 33.6. The number of piperidine rings is 3. The Kier molecular flexibility index (Phi) is 10.1. The molecule has 0 saturated carbocycles. The van der Waals surface area contributed by atoms with E-state index in [1.165, 1.54) is 57.4 Å². The van der Waals surface area contributed by atoms with Crippen LogP contribution in [0.2, 0.25) is 0 Å². The second kappa shape index (κ2) is 13.6. The average Bonchev–Trinajstić information content (AvgIpc) is 3.60. The number of nitrogens with zero attached hydrogens (tertiary/aromatic N) is 7. The standard InChI is InChI=1S/C15H21N3O.C10H20N2.C9H15N3O2/c1-16-10-8-15(9-11-16)14(19)17(2)12-18(15)13-6-4-3-5-7-13;1-11-6-3-10(4-7-11)5-8-12(2)9-10;1-11-5-3-9(4-6-11)7(13)12(2)8(14)10-9/h3-7H,8-12H2,1-2H3;3-9H2,1-2H3;3-6H2,1-2H3,(H,10,14). The molecule has 7 rings (SSSR count). The minimum Gasteiger partial charge on any atom is -0.339 e. The lowest BCUT2D eigenvalue weighted by Crippen LogP contribution is -2.55. The zero-order valence-electron chi connectivity index (χ0n) is 28.6. The Hall–Kier alpha value is -2.73. The predicted octanol–water partition coefficient (Wildman–Crippen LogP) is 2.05. The number of urea groups is 1. The summed E-state index contributed by atoms with van der Waals surface area (Å²) in [5.41, 5.74) is 0.951. The number of nitrogens with one attached hydrogen (secondary N) is 1. The zero-order valence-corrected chi connectivity index (χ0v) is 28.6. The van der Waals surface area contributed by atoms with E-state index in [1.807, 2.05) is 37.2 Å². The van der Waals surface area contributed by atoms with Gasteiger partial charge in [-0.25, -0.2) is 4.79 Å². The number of hydrogen-bond acceptors (Lipinski definition) is 8. The summed E-state index contributed by atoms with van der Waals surface area (Å²) < 4.78 is 0. The molecular formula is C34H56N8O3. The van der Waals surface area contributed by atoms with Crippen LogP contribution in [0.3, 0.4) is 0 Å².